The van der Waals surface area contributed by atoms with Crippen molar-refractivity contribution in [2.45, 2.75) is 6.92 Å². The molecule has 1 aromatic carbocycles. The summed E-state index contributed by atoms with van der Waals surface area (Å²) in [5.41, 5.74) is 1.54. The van der Waals surface area contributed by atoms with Gasteiger partial charge in [0.05, 0.1) is 5.02 Å². The molecule has 0 bridgehead atoms. The van der Waals surface area contributed by atoms with Crippen LogP contribution in [0.5, 0.6) is 0 Å². The zero-order valence-corrected chi connectivity index (χ0v) is 13.9. The molecule has 122 valence electrons. The molecule has 7 heteroatoms. The molecule has 2 heterocycles. The molecule has 1 saturated heterocycles. The number of anilines is 3. The lowest BCUT2D eigenvalue weighted by Gasteiger charge is -2.33. The third-order valence-electron chi connectivity index (χ3n) is 3.84. The highest BCUT2D eigenvalue weighted by atomic mass is 35.5. The van der Waals surface area contributed by atoms with E-state index >= 15 is 0 Å². The molecule has 1 aliphatic rings. The van der Waals surface area contributed by atoms with Crippen LogP contribution in [0.15, 0.2) is 24.3 Å². The van der Waals surface area contributed by atoms with Gasteiger partial charge in [0.2, 0.25) is 5.95 Å². The summed E-state index contributed by atoms with van der Waals surface area (Å²) in [7, 11) is 2.12. The zero-order valence-electron chi connectivity index (χ0n) is 13.2. The van der Waals surface area contributed by atoms with E-state index in [2.05, 4.69) is 32.1 Å². The molecule has 5 nitrogen and oxygen atoms in total. The van der Waals surface area contributed by atoms with Crippen molar-refractivity contribution < 1.29 is 4.39 Å². The summed E-state index contributed by atoms with van der Waals surface area (Å²) >= 11 is 5.81. The highest BCUT2D eigenvalue weighted by Crippen LogP contribution is 2.23. The average molecular weight is 336 g/mol. The number of hydrogen-bond donors (Lipinski definition) is 1. The summed E-state index contributed by atoms with van der Waals surface area (Å²) in [5.74, 6) is 0.948. The Hall–Kier alpha value is -1.92. The lowest BCUT2D eigenvalue weighted by Crippen LogP contribution is -2.44. The number of halogens is 2. The minimum Gasteiger partial charge on any atom is -0.354 e. The van der Waals surface area contributed by atoms with Crippen LogP contribution in [-0.4, -0.2) is 48.1 Å². The number of rotatable bonds is 3. The number of aryl methyl sites for hydroxylation is 1. The molecule has 0 spiro atoms. The van der Waals surface area contributed by atoms with Gasteiger partial charge >= 0.3 is 0 Å². The fourth-order valence-corrected chi connectivity index (χ4v) is 2.69. The zero-order chi connectivity index (χ0) is 16.4. The Morgan fingerprint density at radius 3 is 2.57 bits per heavy atom. The fourth-order valence-electron chi connectivity index (χ4n) is 2.51. The van der Waals surface area contributed by atoms with Crippen molar-refractivity contribution in [3.8, 4) is 0 Å². The molecule has 1 fully saturated rings. The highest BCUT2D eigenvalue weighted by Gasteiger charge is 2.16. The number of hydrogen-bond acceptors (Lipinski definition) is 5. The molecule has 1 N–H and O–H groups in total. The maximum absolute atomic E-state index is 13.2. The van der Waals surface area contributed by atoms with Gasteiger partial charge in [-0.25, -0.2) is 9.37 Å². The summed E-state index contributed by atoms with van der Waals surface area (Å²) < 4.78 is 13.2. The summed E-state index contributed by atoms with van der Waals surface area (Å²) in [6.07, 6.45) is 0. The largest absolute Gasteiger partial charge is 0.354 e. The molecule has 0 amide bonds. The lowest BCUT2D eigenvalue weighted by atomic mass is 10.3. The van der Waals surface area contributed by atoms with Crippen LogP contribution in [0.2, 0.25) is 5.02 Å². The van der Waals surface area contributed by atoms with Crippen LogP contribution in [0, 0.1) is 12.7 Å². The topological polar surface area (TPSA) is 44.3 Å². The Kier molecular flexibility index (Phi) is 4.63. The Morgan fingerprint density at radius 2 is 1.87 bits per heavy atom. The van der Waals surface area contributed by atoms with E-state index < -0.39 is 5.82 Å². The quantitative estimate of drug-likeness (QED) is 0.934. The number of nitrogens with zero attached hydrogens (tertiary/aromatic N) is 4. The van der Waals surface area contributed by atoms with E-state index in [9.17, 15) is 4.39 Å². The predicted octanol–water partition coefficient (Wildman–Crippen LogP) is 3.07. The van der Waals surface area contributed by atoms with Crippen molar-refractivity contribution in [1.82, 2.24) is 14.9 Å². The van der Waals surface area contributed by atoms with Gasteiger partial charge in [0.25, 0.3) is 0 Å². The van der Waals surface area contributed by atoms with Crippen molar-refractivity contribution in [2.24, 2.45) is 0 Å². The van der Waals surface area contributed by atoms with E-state index in [-0.39, 0.29) is 5.02 Å². The first kappa shape index (κ1) is 16.0. The van der Waals surface area contributed by atoms with Crippen LogP contribution in [0.25, 0.3) is 0 Å². The van der Waals surface area contributed by atoms with Crippen molar-refractivity contribution in [1.29, 1.82) is 0 Å². The normalized spacial score (nSPS) is 15.7. The van der Waals surface area contributed by atoms with Crippen LogP contribution in [0.4, 0.5) is 21.8 Å². The predicted molar refractivity (Wildman–Crippen MR) is 91.2 cm³/mol. The summed E-state index contributed by atoms with van der Waals surface area (Å²) in [5, 5.41) is 3.16. The van der Waals surface area contributed by atoms with E-state index in [4.69, 9.17) is 11.6 Å². The molecule has 0 radical (unpaired) electrons. The average Bonchev–Trinajstić information content (AvgIpc) is 2.51. The van der Waals surface area contributed by atoms with E-state index in [1.54, 1.807) is 6.07 Å². The highest BCUT2D eigenvalue weighted by molar-refractivity contribution is 6.31. The van der Waals surface area contributed by atoms with Crippen molar-refractivity contribution in [3.63, 3.8) is 0 Å². The molecule has 1 aliphatic heterocycles. The smallest absolute Gasteiger partial charge is 0.229 e. The molecular weight excluding hydrogens is 317 g/mol. The van der Waals surface area contributed by atoms with Gasteiger partial charge in [-0.2, -0.15) is 4.98 Å². The van der Waals surface area contributed by atoms with Gasteiger partial charge in [-0.05, 0) is 32.2 Å². The van der Waals surface area contributed by atoms with Gasteiger partial charge in [0.1, 0.15) is 11.6 Å². The molecule has 0 unspecified atom stereocenters. The first-order chi connectivity index (χ1) is 11.0. The second kappa shape index (κ2) is 6.68. The maximum atomic E-state index is 13.2. The second-order valence-electron chi connectivity index (χ2n) is 5.74. The Labute approximate surface area is 140 Å². The lowest BCUT2D eigenvalue weighted by molar-refractivity contribution is 0.312. The minimum atomic E-state index is -0.444. The summed E-state index contributed by atoms with van der Waals surface area (Å²) in [4.78, 5) is 13.5. The van der Waals surface area contributed by atoms with Crippen LogP contribution < -0.4 is 10.2 Å². The Bertz CT molecular complexity index is 701. The van der Waals surface area contributed by atoms with Crippen molar-refractivity contribution in [3.05, 3.63) is 40.8 Å². The Morgan fingerprint density at radius 1 is 1.13 bits per heavy atom. The van der Waals surface area contributed by atoms with Crippen molar-refractivity contribution in [2.75, 3.05) is 43.4 Å². The molecule has 23 heavy (non-hydrogen) atoms. The Balaban J connectivity index is 1.81. The standard InChI is InChI=1S/C16H19ClFN5/c1-11-9-15(23-7-5-22(2)6-8-23)21-16(19-11)20-12-3-4-14(18)13(17)10-12/h3-4,9-10H,5-8H2,1-2H3,(H,19,20,21). The van der Waals surface area contributed by atoms with Crippen LogP contribution >= 0.6 is 11.6 Å². The molecule has 0 aliphatic carbocycles. The van der Waals surface area contributed by atoms with Crippen LogP contribution in [0.1, 0.15) is 5.69 Å². The summed E-state index contributed by atoms with van der Waals surface area (Å²) in [6.45, 7) is 5.84. The molecular formula is C16H19ClFN5. The maximum Gasteiger partial charge on any atom is 0.229 e. The van der Waals surface area contributed by atoms with Gasteiger partial charge in [0.15, 0.2) is 0 Å². The number of aromatic nitrogens is 2. The first-order valence-corrected chi connectivity index (χ1v) is 7.90. The van der Waals surface area contributed by atoms with Gasteiger partial charge in [-0.3, -0.25) is 0 Å². The second-order valence-corrected chi connectivity index (χ2v) is 6.14. The minimum absolute atomic E-state index is 0.0712. The van der Waals surface area contributed by atoms with Gasteiger partial charge in [0, 0.05) is 43.6 Å². The van der Waals surface area contributed by atoms with Gasteiger partial charge in [-0.1, -0.05) is 11.6 Å². The SMILES string of the molecule is Cc1cc(N2CCN(C)CC2)nc(Nc2ccc(F)c(Cl)c2)n1. The fraction of sp³-hybridized carbons (Fsp3) is 0.375. The van der Waals surface area contributed by atoms with E-state index in [1.165, 1.54) is 12.1 Å². The van der Waals surface area contributed by atoms with Crippen LogP contribution in [0.3, 0.4) is 0 Å². The van der Waals surface area contributed by atoms with E-state index in [0.29, 0.717) is 11.6 Å². The third-order valence-corrected chi connectivity index (χ3v) is 4.13. The van der Waals surface area contributed by atoms with Crippen LogP contribution in [-0.2, 0) is 0 Å². The molecule has 0 atom stereocenters. The number of piperazine rings is 1. The van der Waals surface area contributed by atoms with E-state index in [0.717, 1.165) is 37.7 Å². The number of likely N-dealkylation sites (N-methyl/N-ethyl adjacent to an activating group) is 1. The molecule has 3 rings (SSSR count). The summed E-state index contributed by atoms with van der Waals surface area (Å²) in [6, 6.07) is 6.44. The van der Waals surface area contributed by atoms with Gasteiger partial charge in [-0.15, -0.1) is 0 Å². The molecule has 1 aromatic heterocycles. The molecule has 0 saturated carbocycles. The number of benzene rings is 1. The monoisotopic (exact) mass is 335 g/mol. The van der Waals surface area contributed by atoms with E-state index in [1.807, 2.05) is 13.0 Å². The first-order valence-electron chi connectivity index (χ1n) is 7.52. The number of nitrogens with one attached hydrogen (secondary N) is 1. The molecule has 2 aromatic rings. The third kappa shape index (κ3) is 3.89. The van der Waals surface area contributed by atoms with Gasteiger partial charge < -0.3 is 15.1 Å². The van der Waals surface area contributed by atoms with Crippen molar-refractivity contribution >= 4 is 29.1 Å².